The van der Waals surface area contributed by atoms with Crippen molar-refractivity contribution in [3.8, 4) is 5.75 Å². The predicted molar refractivity (Wildman–Crippen MR) is 97.8 cm³/mol. The Morgan fingerprint density at radius 1 is 1.22 bits per heavy atom. The van der Waals surface area contributed by atoms with Crippen molar-refractivity contribution in [2.75, 3.05) is 13.9 Å². The fourth-order valence-corrected chi connectivity index (χ4v) is 3.39. The minimum atomic E-state index is -0.570. The van der Waals surface area contributed by atoms with Crippen LogP contribution in [-0.2, 0) is 34.0 Å². The van der Waals surface area contributed by atoms with Crippen LogP contribution in [0.25, 0.3) is 11.0 Å². The second-order valence-electron chi connectivity index (χ2n) is 6.08. The Bertz CT molecular complexity index is 994. The maximum atomic E-state index is 12.7. The number of hydrogen-bond acceptors (Lipinski definition) is 6. The number of hydrogen-bond donors (Lipinski definition) is 0. The largest absolute Gasteiger partial charge is 0.467 e. The molecule has 0 spiro atoms. The van der Waals surface area contributed by atoms with E-state index in [1.165, 1.54) is 0 Å². The number of ether oxygens (including phenoxy) is 4. The van der Waals surface area contributed by atoms with Gasteiger partial charge in [-0.15, -0.1) is 0 Å². The van der Waals surface area contributed by atoms with Crippen LogP contribution in [-0.4, -0.2) is 19.9 Å². The summed E-state index contributed by atoms with van der Waals surface area (Å²) in [5, 5.41) is 1.35. The molecule has 6 nitrogen and oxygen atoms in total. The highest BCUT2D eigenvalue weighted by Gasteiger charge is 2.23. The van der Waals surface area contributed by atoms with Crippen LogP contribution in [0.15, 0.2) is 40.8 Å². The first kappa shape index (κ1) is 17.9. The summed E-state index contributed by atoms with van der Waals surface area (Å²) in [5.74, 6) is 0.206. The summed E-state index contributed by atoms with van der Waals surface area (Å²) < 4.78 is 27.2. The Balaban J connectivity index is 1.60. The SMILES string of the molecule is COCc1c(C(=O)OCc2cc(Cl)cc3c2OCOC3)oc2ccccc12. The molecule has 1 aliphatic heterocycles. The van der Waals surface area contributed by atoms with Gasteiger partial charge in [0.25, 0.3) is 0 Å². The molecular formula is C20H17ClO6. The Morgan fingerprint density at radius 2 is 2.07 bits per heavy atom. The summed E-state index contributed by atoms with van der Waals surface area (Å²) in [7, 11) is 1.56. The molecule has 0 amide bonds. The van der Waals surface area contributed by atoms with E-state index in [-0.39, 0.29) is 25.8 Å². The minimum absolute atomic E-state index is 0.00515. The summed E-state index contributed by atoms with van der Waals surface area (Å²) in [6.07, 6.45) is 0. The van der Waals surface area contributed by atoms with E-state index >= 15 is 0 Å². The molecule has 1 aromatic heterocycles. The van der Waals surface area contributed by atoms with Crippen LogP contribution in [0.3, 0.4) is 0 Å². The van der Waals surface area contributed by atoms with Crippen LogP contribution in [0.4, 0.5) is 0 Å². The lowest BCUT2D eigenvalue weighted by Gasteiger charge is -2.21. The van der Waals surface area contributed by atoms with Gasteiger partial charge < -0.3 is 23.4 Å². The van der Waals surface area contributed by atoms with Crippen molar-refractivity contribution in [2.24, 2.45) is 0 Å². The average molecular weight is 389 g/mol. The van der Waals surface area contributed by atoms with Gasteiger partial charge in [0.2, 0.25) is 5.76 Å². The van der Waals surface area contributed by atoms with E-state index in [1.807, 2.05) is 18.2 Å². The molecule has 2 heterocycles. The van der Waals surface area contributed by atoms with Gasteiger partial charge in [-0.05, 0) is 18.2 Å². The molecule has 0 radical (unpaired) electrons. The number of esters is 1. The minimum Gasteiger partial charge on any atom is -0.467 e. The summed E-state index contributed by atoms with van der Waals surface area (Å²) >= 11 is 6.15. The Labute approximate surface area is 160 Å². The molecule has 0 saturated heterocycles. The lowest BCUT2D eigenvalue weighted by atomic mass is 10.1. The number of benzene rings is 2. The van der Waals surface area contributed by atoms with E-state index in [1.54, 1.807) is 25.3 Å². The molecule has 0 N–H and O–H groups in total. The fourth-order valence-electron chi connectivity index (χ4n) is 3.12. The molecule has 3 aromatic rings. The van der Waals surface area contributed by atoms with Gasteiger partial charge in [-0.2, -0.15) is 0 Å². The number of methoxy groups -OCH3 is 1. The van der Waals surface area contributed by atoms with Crippen LogP contribution in [0.5, 0.6) is 5.75 Å². The highest BCUT2D eigenvalue weighted by molar-refractivity contribution is 6.30. The predicted octanol–water partition coefficient (Wildman–Crippen LogP) is 4.46. The smallest absolute Gasteiger partial charge is 0.374 e. The molecule has 0 aliphatic carbocycles. The number of carbonyl (C=O) groups is 1. The molecule has 0 fully saturated rings. The summed E-state index contributed by atoms with van der Waals surface area (Å²) in [4.78, 5) is 12.7. The van der Waals surface area contributed by atoms with Gasteiger partial charge in [0.05, 0.1) is 13.2 Å². The number of para-hydroxylation sites is 1. The van der Waals surface area contributed by atoms with E-state index < -0.39 is 5.97 Å². The average Bonchev–Trinajstić information content (AvgIpc) is 3.05. The third-order valence-corrected chi connectivity index (χ3v) is 4.50. The van der Waals surface area contributed by atoms with Gasteiger partial charge in [0.15, 0.2) is 6.79 Å². The zero-order valence-corrected chi connectivity index (χ0v) is 15.4. The van der Waals surface area contributed by atoms with Gasteiger partial charge in [0, 0.05) is 34.2 Å². The van der Waals surface area contributed by atoms with Crippen molar-refractivity contribution < 1.29 is 28.2 Å². The van der Waals surface area contributed by atoms with Crippen molar-refractivity contribution in [3.05, 3.63) is 63.9 Å². The van der Waals surface area contributed by atoms with Crippen molar-refractivity contribution in [1.82, 2.24) is 0 Å². The van der Waals surface area contributed by atoms with Gasteiger partial charge >= 0.3 is 5.97 Å². The van der Waals surface area contributed by atoms with Gasteiger partial charge in [0.1, 0.15) is 17.9 Å². The molecule has 27 heavy (non-hydrogen) atoms. The second-order valence-corrected chi connectivity index (χ2v) is 6.52. The zero-order valence-electron chi connectivity index (χ0n) is 14.6. The van der Waals surface area contributed by atoms with Gasteiger partial charge in [-0.25, -0.2) is 4.79 Å². The maximum Gasteiger partial charge on any atom is 0.374 e. The molecule has 4 rings (SSSR count). The summed E-state index contributed by atoms with van der Waals surface area (Å²) in [6, 6.07) is 10.9. The normalized spacial score (nSPS) is 13.3. The third-order valence-electron chi connectivity index (χ3n) is 4.28. The maximum absolute atomic E-state index is 12.7. The molecular weight excluding hydrogens is 372 g/mol. The number of carbonyl (C=O) groups excluding carboxylic acids is 1. The van der Waals surface area contributed by atoms with Crippen LogP contribution < -0.4 is 4.74 Å². The fraction of sp³-hybridized carbons (Fsp3) is 0.250. The Morgan fingerprint density at radius 3 is 2.93 bits per heavy atom. The number of rotatable bonds is 5. The third kappa shape index (κ3) is 3.51. The van der Waals surface area contributed by atoms with Gasteiger partial charge in [-0.3, -0.25) is 0 Å². The molecule has 7 heteroatoms. The first-order valence-electron chi connectivity index (χ1n) is 8.35. The number of furan rings is 1. The first-order chi connectivity index (χ1) is 13.2. The van der Waals surface area contributed by atoms with Crippen molar-refractivity contribution in [2.45, 2.75) is 19.8 Å². The van der Waals surface area contributed by atoms with Crippen molar-refractivity contribution in [1.29, 1.82) is 0 Å². The monoisotopic (exact) mass is 388 g/mol. The molecule has 0 atom stereocenters. The molecule has 2 aromatic carbocycles. The highest BCUT2D eigenvalue weighted by Crippen LogP contribution is 2.33. The van der Waals surface area contributed by atoms with Crippen molar-refractivity contribution in [3.63, 3.8) is 0 Å². The topological polar surface area (TPSA) is 67.1 Å². The van der Waals surface area contributed by atoms with Crippen LogP contribution in [0.1, 0.15) is 27.2 Å². The second kappa shape index (κ2) is 7.60. The lowest BCUT2D eigenvalue weighted by molar-refractivity contribution is -0.0180. The van der Waals surface area contributed by atoms with E-state index in [0.717, 1.165) is 10.9 Å². The highest BCUT2D eigenvalue weighted by atomic mass is 35.5. The quantitative estimate of drug-likeness (QED) is 0.601. The number of halogens is 1. The van der Waals surface area contributed by atoms with Crippen molar-refractivity contribution >= 4 is 28.5 Å². The van der Waals surface area contributed by atoms with E-state index in [4.69, 9.17) is 35.0 Å². The standard InChI is InChI=1S/C20H17ClO6/c1-23-10-16-15-4-2-3-5-17(15)27-19(16)20(22)25-9-13-7-14(21)6-12-8-24-11-26-18(12)13/h2-7H,8-11H2,1H3. The summed E-state index contributed by atoms with van der Waals surface area (Å²) in [6.45, 7) is 0.801. The molecule has 0 unspecified atom stereocenters. The molecule has 1 aliphatic rings. The van der Waals surface area contributed by atoms with E-state index in [9.17, 15) is 4.79 Å². The zero-order chi connectivity index (χ0) is 18.8. The Hall–Kier alpha value is -2.54. The van der Waals surface area contributed by atoms with E-state index in [0.29, 0.717) is 34.1 Å². The van der Waals surface area contributed by atoms with Gasteiger partial charge in [-0.1, -0.05) is 29.8 Å². The first-order valence-corrected chi connectivity index (χ1v) is 8.73. The lowest BCUT2D eigenvalue weighted by Crippen LogP contribution is -2.14. The molecule has 0 bridgehead atoms. The van der Waals surface area contributed by atoms with Crippen LogP contribution in [0.2, 0.25) is 5.02 Å². The molecule has 0 saturated carbocycles. The number of fused-ring (bicyclic) bond motifs is 2. The van der Waals surface area contributed by atoms with Crippen LogP contribution >= 0.6 is 11.6 Å². The van der Waals surface area contributed by atoms with E-state index in [2.05, 4.69) is 0 Å². The van der Waals surface area contributed by atoms with Crippen LogP contribution in [0, 0.1) is 0 Å². The Kier molecular flexibility index (Phi) is 5.03. The summed E-state index contributed by atoms with van der Waals surface area (Å²) in [5.41, 5.74) is 2.77. The molecule has 140 valence electrons.